The summed E-state index contributed by atoms with van der Waals surface area (Å²) in [5.74, 6) is 0.204. The molecule has 0 spiro atoms. The van der Waals surface area contributed by atoms with Gasteiger partial charge in [0.05, 0.1) is 21.7 Å². The summed E-state index contributed by atoms with van der Waals surface area (Å²) in [4.78, 5) is 25.2. The topological polar surface area (TPSA) is 49.3 Å². The van der Waals surface area contributed by atoms with Crippen LogP contribution in [0.15, 0.2) is 36.5 Å². The Kier molecular flexibility index (Phi) is 5.51. The summed E-state index contributed by atoms with van der Waals surface area (Å²) in [6, 6.07) is 8.50. The van der Waals surface area contributed by atoms with Gasteiger partial charge in [-0.2, -0.15) is 13.2 Å². The fourth-order valence-corrected chi connectivity index (χ4v) is 4.04. The molecule has 0 atom stereocenters. The second-order valence-electron chi connectivity index (χ2n) is 7.64. The lowest BCUT2D eigenvalue weighted by atomic mass is 10.0. The van der Waals surface area contributed by atoms with Crippen molar-refractivity contribution in [2.24, 2.45) is 0 Å². The Morgan fingerprint density at radius 1 is 1.06 bits per heavy atom. The van der Waals surface area contributed by atoms with Gasteiger partial charge in [-0.1, -0.05) is 23.2 Å². The van der Waals surface area contributed by atoms with Crippen molar-refractivity contribution in [1.82, 2.24) is 14.9 Å². The molecule has 5 nitrogen and oxygen atoms in total. The van der Waals surface area contributed by atoms with E-state index in [0.29, 0.717) is 37.6 Å². The van der Waals surface area contributed by atoms with E-state index in [4.69, 9.17) is 11.6 Å². The van der Waals surface area contributed by atoms with Crippen molar-refractivity contribution in [3.63, 3.8) is 0 Å². The Morgan fingerprint density at radius 3 is 2.42 bits per heavy atom. The highest BCUT2D eigenvalue weighted by molar-refractivity contribution is 6.33. The zero-order valence-electron chi connectivity index (χ0n) is 17.0. The number of fused-ring (bicyclic) bond motifs is 1. The van der Waals surface area contributed by atoms with Crippen molar-refractivity contribution in [2.75, 3.05) is 31.1 Å². The molecule has 0 saturated carbocycles. The van der Waals surface area contributed by atoms with Gasteiger partial charge in [0.15, 0.2) is 0 Å². The molecule has 1 fully saturated rings. The van der Waals surface area contributed by atoms with E-state index in [1.54, 1.807) is 15.9 Å². The molecule has 0 aliphatic carbocycles. The van der Waals surface area contributed by atoms with Crippen LogP contribution in [0.25, 0.3) is 10.9 Å². The average Bonchev–Trinajstić information content (AvgIpc) is 2.72. The predicted octanol–water partition coefficient (Wildman–Crippen LogP) is 4.88. The zero-order valence-corrected chi connectivity index (χ0v) is 17.8. The van der Waals surface area contributed by atoms with Crippen LogP contribution in [0, 0.1) is 13.8 Å². The van der Waals surface area contributed by atoms with E-state index in [-0.39, 0.29) is 10.9 Å². The molecule has 162 valence electrons. The average molecular weight is 449 g/mol. The number of alkyl halides is 3. The van der Waals surface area contributed by atoms with Crippen molar-refractivity contribution < 1.29 is 18.0 Å². The third-order valence-corrected chi connectivity index (χ3v) is 5.62. The highest BCUT2D eigenvalue weighted by Crippen LogP contribution is 2.34. The molecule has 2 aromatic heterocycles. The Morgan fingerprint density at radius 2 is 1.77 bits per heavy atom. The quantitative estimate of drug-likeness (QED) is 0.560. The van der Waals surface area contributed by atoms with E-state index in [2.05, 4.69) is 9.97 Å². The second kappa shape index (κ2) is 8.00. The highest BCUT2D eigenvalue weighted by atomic mass is 35.5. The standard InChI is InChI=1S/C22H20ClF3N4O/c1-13-3-4-19-16(9-13)17(10-14(2)28-19)21(31)30-7-5-29(6-8-30)20-18(23)11-15(12-27-20)22(24,25)26/h3-4,9-12H,5-8H2,1-2H3. The van der Waals surface area contributed by atoms with Crippen LogP contribution in [-0.2, 0) is 6.18 Å². The lowest BCUT2D eigenvalue weighted by Crippen LogP contribution is -2.49. The van der Waals surface area contributed by atoms with Gasteiger partial charge in [-0.3, -0.25) is 9.78 Å². The van der Waals surface area contributed by atoms with E-state index < -0.39 is 11.7 Å². The predicted molar refractivity (Wildman–Crippen MR) is 114 cm³/mol. The number of hydrogen-bond donors (Lipinski definition) is 0. The maximum atomic E-state index is 13.3. The number of amides is 1. The molecule has 0 bridgehead atoms. The first kappa shape index (κ1) is 21.4. The third-order valence-electron chi connectivity index (χ3n) is 5.34. The number of anilines is 1. The Hall–Kier alpha value is -2.87. The summed E-state index contributed by atoms with van der Waals surface area (Å²) in [5, 5.41) is 0.756. The van der Waals surface area contributed by atoms with E-state index in [0.717, 1.165) is 34.4 Å². The van der Waals surface area contributed by atoms with Crippen LogP contribution in [0.1, 0.15) is 27.2 Å². The molecule has 1 amide bonds. The molecule has 3 heterocycles. The van der Waals surface area contributed by atoms with Crippen LogP contribution in [0.3, 0.4) is 0 Å². The van der Waals surface area contributed by atoms with Gasteiger partial charge >= 0.3 is 6.18 Å². The van der Waals surface area contributed by atoms with Crippen LogP contribution >= 0.6 is 11.6 Å². The van der Waals surface area contributed by atoms with E-state index >= 15 is 0 Å². The molecule has 0 N–H and O–H groups in total. The monoisotopic (exact) mass is 448 g/mol. The molecule has 0 radical (unpaired) electrons. The lowest BCUT2D eigenvalue weighted by Gasteiger charge is -2.36. The first-order valence-electron chi connectivity index (χ1n) is 9.78. The van der Waals surface area contributed by atoms with Crippen molar-refractivity contribution in [3.8, 4) is 0 Å². The maximum Gasteiger partial charge on any atom is 0.417 e. The van der Waals surface area contributed by atoms with Crippen molar-refractivity contribution in [2.45, 2.75) is 20.0 Å². The Bertz CT molecular complexity index is 1160. The number of aromatic nitrogens is 2. The van der Waals surface area contributed by atoms with Gasteiger partial charge in [0.25, 0.3) is 5.91 Å². The molecule has 1 aromatic carbocycles. The van der Waals surface area contributed by atoms with Crippen LogP contribution in [0.4, 0.5) is 19.0 Å². The molecular formula is C22H20ClF3N4O. The summed E-state index contributed by atoms with van der Waals surface area (Å²) in [5.41, 5.74) is 2.29. The summed E-state index contributed by atoms with van der Waals surface area (Å²) in [6.45, 7) is 5.48. The van der Waals surface area contributed by atoms with Gasteiger partial charge in [0.1, 0.15) is 5.82 Å². The summed E-state index contributed by atoms with van der Waals surface area (Å²) in [7, 11) is 0. The lowest BCUT2D eigenvalue weighted by molar-refractivity contribution is -0.137. The van der Waals surface area contributed by atoms with Gasteiger partial charge in [-0.25, -0.2) is 4.98 Å². The number of rotatable bonds is 2. The molecule has 3 aromatic rings. The molecular weight excluding hydrogens is 429 g/mol. The Balaban J connectivity index is 1.53. The van der Waals surface area contributed by atoms with E-state index in [1.807, 2.05) is 32.0 Å². The van der Waals surface area contributed by atoms with Crippen LogP contribution in [0.2, 0.25) is 5.02 Å². The van der Waals surface area contributed by atoms with Gasteiger partial charge in [-0.15, -0.1) is 0 Å². The van der Waals surface area contributed by atoms with Gasteiger partial charge in [0, 0.05) is 43.5 Å². The van der Waals surface area contributed by atoms with Crippen LogP contribution in [0.5, 0.6) is 0 Å². The summed E-state index contributed by atoms with van der Waals surface area (Å²) < 4.78 is 38.5. The fraction of sp³-hybridized carbons (Fsp3) is 0.318. The van der Waals surface area contributed by atoms with Crippen molar-refractivity contribution in [1.29, 1.82) is 0 Å². The normalized spacial score (nSPS) is 14.9. The smallest absolute Gasteiger partial charge is 0.352 e. The molecule has 1 saturated heterocycles. The number of hydrogen-bond acceptors (Lipinski definition) is 4. The minimum Gasteiger partial charge on any atom is -0.352 e. The largest absolute Gasteiger partial charge is 0.417 e. The first-order chi connectivity index (χ1) is 14.6. The van der Waals surface area contributed by atoms with Crippen LogP contribution in [-0.4, -0.2) is 47.0 Å². The highest BCUT2D eigenvalue weighted by Gasteiger charge is 2.32. The van der Waals surface area contributed by atoms with E-state index in [9.17, 15) is 18.0 Å². The minimum absolute atomic E-state index is 0.0548. The second-order valence-corrected chi connectivity index (χ2v) is 8.05. The Labute approximate surface area is 182 Å². The number of carbonyl (C=O) groups is 1. The van der Waals surface area contributed by atoms with Crippen molar-refractivity contribution >= 4 is 34.2 Å². The number of halogens is 4. The number of pyridine rings is 2. The molecule has 0 unspecified atom stereocenters. The minimum atomic E-state index is -4.50. The number of aryl methyl sites for hydroxylation is 2. The van der Waals surface area contributed by atoms with E-state index in [1.165, 1.54) is 0 Å². The molecule has 9 heteroatoms. The number of benzene rings is 1. The fourth-order valence-electron chi connectivity index (χ4n) is 3.76. The molecule has 1 aliphatic rings. The summed E-state index contributed by atoms with van der Waals surface area (Å²) in [6.07, 6.45) is -3.71. The third kappa shape index (κ3) is 4.30. The number of piperazine rings is 1. The van der Waals surface area contributed by atoms with Gasteiger partial charge in [0.2, 0.25) is 0 Å². The SMILES string of the molecule is Cc1ccc2nc(C)cc(C(=O)N3CCN(c4ncc(C(F)(F)F)cc4Cl)CC3)c2c1. The van der Waals surface area contributed by atoms with Gasteiger partial charge in [-0.05, 0) is 38.1 Å². The summed E-state index contributed by atoms with van der Waals surface area (Å²) >= 11 is 6.07. The first-order valence-corrected chi connectivity index (χ1v) is 10.2. The zero-order chi connectivity index (χ0) is 22.3. The van der Waals surface area contributed by atoms with Gasteiger partial charge < -0.3 is 9.80 Å². The number of carbonyl (C=O) groups excluding carboxylic acids is 1. The van der Waals surface area contributed by atoms with Crippen LogP contribution < -0.4 is 4.90 Å². The number of nitrogens with zero attached hydrogens (tertiary/aromatic N) is 4. The molecule has 4 rings (SSSR count). The molecule has 31 heavy (non-hydrogen) atoms. The maximum absolute atomic E-state index is 13.3. The van der Waals surface area contributed by atoms with Crippen molar-refractivity contribution in [3.05, 3.63) is 63.9 Å². The molecule has 1 aliphatic heterocycles.